The average Bonchev–Trinajstić information content (AvgIpc) is 2.18. The first kappa shape index (κ1) is 10.9. The van der Waals surface area contributed by atoms with Gasteiger partial charge in [0.15, 0.2) is 0 Å². The molecule has 1 atom stereocenters. The van der Waals surface area contributed by atoms with Gasteiger partial charge in [-0.15, -0.1) is 6.58 Å². The number of rotatable bonds is 5. The van der Waals surface area contributed by atoms with Gasteiger partial charge in [-0.3, -0.25) is 4.98 Å². The highest BCUT2D eigenvalue weighted by Gasteiger charge is 2.02. The Kier molecular flexibility index (Phi) is 4.33. The maximum atomic E-state index is 3.99. The quantitative estimate of drug-likeness (QED) is 0.722. The van der Waals surface area contributed by atoms with Gasteiger partial charge in [-0.1, -0.05) is 5.57 Å². The highest BCUT2D eigenvalue weighted by molar-refractivity contribution is 5.13. The van der Waals surface area contributed by atoms with Crippen LogP contribution in [0.1, 0.15) is 31.9 Å². The standard InChI is InChI=1S/C12H18N2/c1-10(2)4-9-14-11(3)12-5-7-13-8-6-12/h5-8,11,14H,1,4,9H2,2-3H3/t11-/m1/s1. The monoisotopic (exact) mass is 190 g/mol. The number of pyridine rings is 1. The summed E-state index contributed by atoms with van der Waals surface area (Å²) in [6.45, 7) is 9.07. The van der Waals surface area contributed by atoms with Gasteiger partial charge in [0.2, 0.25) is 0 Å². The highest BCUT2D eigenvalue weighted by atomic mass is 14.9. The van der Waals surface area contributed by atoms with Crippen molar-refractivity contribution in [3.8, 4) is 0 Å². The van der Waals surface area contributed by atoms with Gasteiger partial charge in [0, 0.05) is 18.4 Å². The largest absolute Gasteiger partial charge is 0.310 e. The minimum atomic E-state index is 0.386. The van der Waals surface area contributed by atoms with E-state index in [1.165, 1.54) is 11.1 Å². The molecule has 2 nitrogen and oxygen atoms in total. The van der Waals surface area contributed by atoms with E-state index in [-0.39, 0.29) is 0 Å². The van der Waals surface area contributed by atoms with Gasteiger partial charge >= 0.3 is 0 Å². The van der Waals surface area contributed by atoms with E-state index in [4.69, 9.17) is 0 Å². The molecule has 0 fully saturated rings. The molecule has 1 aromatic heterocycles. The average molecular weight is 190 g/mol. The second kappa shape index (κ2) is 5.55. The first-order valence-electron chi connectivity index (χ1n) is 4.98. The van der Waals surface area contributed by atoms with Crippen LogP contribution in [0.5, 0.6) is 0 Å². The Labute approximate surface area is 86.1 Å². The molecule has 1 rings (SSSR count). The molecule has 1 N–H and O–H groups in total. The summed E-state index contributed by atoms with van der Waals surface area (Å²) in [5.41, 5.74) is 2.50. The summed E-state index contributed by atoms with van der Waals surface area (Å²) in [5, 5.41) is 3.44. The molecule has 76 valence electrons. The number of nitrogens with zero attached hydrogens (tertiary/aromatic N) is 1. The fraction of sp³-hybridized carbons (Fsp3) is 0.417. The zero-order valence-electron chi connectivity index (χ0n) is 8.96. The lowest BCUT2D eigenvalue weighted by Gasteiger charge is -2.13. The number of nitrogens with one attached hydrogen (secondary N) is 1. The summed E-state index contributed by atoms with van der Waals surface area (Å²) in [6, 6.07) is 4.47. The molecular weight excluding hydrogens is 172 g/mol. The molecule has 0 aliphatic carbocycles. The molecule has 0 unspecified atom stereocenters. The molecule has 1 aromatic rings. The van der Waals surface area contributed by atoms with Gasteiger partial charge in [0.05, 0.1) is 0 Å². The van der Waals surface area contributed by atoms with E-state index >= 15 is 0 Å². The topological polar surface area (TPSA) is 24.9 Å². The first-order valence-corrected chi connectivity index (χ1v) is 4.98. The van der Waals surface area contributed by atoms with Gasteiger partial charge in [-0.05, 0) is 44.5 Å². The highest BCUT2D eigenvalue weighted by Crippen LogP contribution is 2.10. The fourth-order valence-electron chi connectivity index (χ4n) is 1.27. The van der Waals surface area contributed by atoms with Crippen molar-refractivity contribution in [2.45, 2.75) is 26.3 Å². The Morgan fingerprint density at radius 1 is 1.50 bits per heavy atom. The molecule has 0 bridgehead atoms. The summed E-state index contributed by atoms with van der Waals surface area (Å²) in [4.78, 5) is 3.99. The van der Waals surface area contributed by atoms with E-state index in [2.05, 4.69) is 30.7 Å². The molecule has 0 spiro atoms. The smallest absolute Gasteiger partial charge is 0.0293 e. The van der Waals surface area contributed by atoms with Crippen molar-refractivity contribution in [2.75, 3.05) is 6.54 Å². The Bertz CT molecular complexity index is 280. The van der Waals surface area contributed by atoms with E-state index in [9.17, 15) is 0 Å². The summed E-state index contributed by atoms with van der Waals surface area (Å²) < 4.78 is 0. The first-order chi connectivity index (χ1) is 6.70. The third-order valence-corrected chi connectivity index (χ3v) is 2.21. The minimum Gasteiger partial charge on any atom is -0.310 e. The second-order valence-corrected chi connectivity index (χ2v) is 3.66. The van der Waals surface area contributed by atoms with Crippen LogP contribution < -0.4 is 5.32 Å². The van der Waals surface area contributed by atoms with Gasteiger partial charge in [0.25, 0.3) is 0 Å². The van der Waals surface area contributed by atoms with Crippen molar-refractivity contribution in [2.24, 2.45) is 0 Å². The zero-order valence-corrected chi connectivity index (χ0v) is 8.96. The van der Waals surface area contributed by atoms with Crippen molar-refractivity contribution >= 4 is 0 Å². The van der Waals surface area contributed by atoms with Crippen molar-refractivity contribution in [3.63, 3.8) is 0 Å². The molecule has 2 heteroatoms. The third-order valence-electron chi connectivity index (χ3n) is 2.21. The Hall–Kier alpha value is -1.15. The molecule has 0 saturated heterocycles. The van der Waals surface area contributed by atoms with Crippen LogP contribution in [0.2, 0.25) is 0 Å². The normalized spacial score (nSPS) is 12.4. The van der Waals surface area contributed by atoms with Crippen molar-refractivity contribution < 1.29 is 0 Å². The maximum absolute atomic E-state index is 3.99. The number of hydrogen-bond acceptors (Lipinski definition) is 2. The second-order valence-electron chi connectivity index (χ2n) is 3.66. The fourth-order valence-corrected chi connectivity index (χ4v) is 1.27. The Morgan fingerprint density at radius 2 is 2.14 bits per heavy atom. The summed E-state index contributed by atoms with van der Waals surface area (Å²) >= 11 is 0. The lowest BCUT2D eigenvalue weighted by molar-refractivity contribution is 0.575. The SMILES string of the molecule is C=C(C)CCN[C@H](C)c1ccncc1. The molecule has 1 heterocycles. The van der Waals surface area contributed by atoms with Gasteiger partial charge in [-0.25, -0.2) is 0 Å². The van der Waals surface area contributed by atoms with Crippen LogP contribution in [-0.4, -0.2) is 11.5 Å². The van der Waals surface area contributed by atoms with Crippen LogP contribution in [0.15, 0.2) is 36.7 Å². The summed E-state index contributed by atoms with van der Waals surface area (Å²) in [7, 11) is 0. The molecular formula is C12H18N2. The van der Waals surface area contributed by atoms with E-state index in [0.717, 1.165) is 13.0 Å². The number of aromatic nitrogens is 1. The van der Waals surface area contributed by atoms with Crippen LogP contribution in [-0.2, 0) is 0 Å². The van der Waals surface area contributed by atoms with Crippen LogP contribution >= 0.6 is 0 Å². The molecule has 0 aliphatic rings. The summed E-state index contributed by atoms with van der Waals surface area (Å²) in [6.07, 6.45) is 4.69. The lowest BCUT2D eigenvalue weighted by Crippen LogP contribution is -2.19. The molecule has 14 heavy (non-hydrogen) atoms. The predicted octanol–water partition coefficient (Wildman–Crippen LogP) is 2.70. The van der Waals surface area contributed by atoms with Crippen LogP contribution in [0.25, 0.3) is 0 Å². The van der Waals surface area contributed by atoms with Gasteiger partial charge < -0.3 is 5.32 Å². The molecule has 0 aromatic carbocycles. The third kappa shape index (κ3) is 3.71. The Balaban J connectivity index is 2.36. The molecule has 0 amide bonds. The van der Waals surface area contributed by atoms with E-state index in [1.54, 1.807) is 0 Å². The van der Waals surface area contributed by atoms with E-state index in [1.807, 2.05) is 24.5 Å². The Morgan fingerprint density at radius 3 is 2.71 bits per heavy atom. The minimum absolute atomic E-state index is 0.386. The van der Waals surface area contributed by atoms with Crippen molar-refractivity contribution in [3.05, 3.63) is 42.2 Å². The molecule has 0 radical (unpaired) electrons. The number of hydrogen-bond donors (Lipinski definition) is 1. The van der Waals surface area contributed by atoms with Crippen molar-refractivity contribution in [1.29, 1.82) is 0 Å². The van der Waals surface area contributed by atoms with Crippen LogP contribution in [0, 0.1) is 0 Å². The predicted molar refractivity (Wildman–Crippen MR) is 60.1 cm³/mol. The molecule has 0 aliphatic heterocycles. The summed E-state index contributed by atoms with van der Waals surface area (Å²) in [5.74, 6) is 0. The van der Waals surface area contributed by atoms with Gasteiger partial charge in [-0.2, -0.15) is 0 Å². The maximum Gasteiger partial charge on any atom is 0.0293 e. The molecule has 0 saturated carbocycles. The van der Waals surface area contributed by atoms with E-state index in [0.29, 0.717) is 6.04 Å². The van der Waals surface area contributed by atoms with Crippen LogP contribution in [0.4, 0.5) is 0 Å². The van der Waals surface area contributed by atoms with Crippen LogP contribution in [0.3, 0.4) is 0 Å². The van der Waals surface area contributed by atoms with E-state index < -0.39 is 0 Å². The lowest BCUT2D eigenvalue weighted by atomic mass is 10.1. The van der Waals surface area contributed by atoms with Gasteiger partial charge in [0.1, 0.15) is 0 Å². The zero-order chi connectivity index (χ0) is 10.4. The van der Waals surface area contributed by atoms with Crippen molar-refractivity contribution in [1.82, 2.24) is 10.3 Å².